The van der Waals surface area contributed by atoms with Crippen molar-refractivity contribution in [3.8, 4) is 0 Å². The van der Waals surface area contributed by atoms with Gasteiger partial charge in [0, 0.05) is 18.2 Å². The molecule has 1 amide bonds. The van der Waals surface area contributed by atoms with Crippen LogP contribution in [0.25, 0.3) is 0 Å². The topological polar surface area (TPSA) is 137 Å². The Morgan fingerprint density at radius 1 is 1.29 bits per heavy atom. The zero-order valence-corrected chi connectivity index (χ0v) is 10.6. The molecule has 122 valence electrons. The summed E-state index contributed by atoms with van der Waals surface area (Å²) < 4.78 is 61.8. The highest BCUT2D eigenvalue weighted by molar-refractivity contribution is 5.91. The monoisotopic (exact) mass is 318 g/mol. The van der Waals surface area contributed by atoms with Gasteiger partial charge in [-0.1, -0.05) is 0 Å². The van der Waals surface area contributed by atoms with Crippen LogP contribution in [0.2, 0.25) is 0 Å². The first-order valence-corrected chi connectivity index (χ1v) is 5.39. The maximum absolute atomic E-state index is 12.5. The fourth-order valence-electron chi connectivity index (χ4n) is 1.47. The molecule has 0 aromatic carbocycles. The van der Waals surface area contributed by atoms with Gasteiger partial charge in [0.25, 0.3) is 0 Å². The van der Waals surface area contributed by atoms with Crippen molar-refractivity contribution in [2.24, 2.45) is 34.2 Å². The van der Waals surface area contributed by atoms with Crippen LogP contribution >= 0.6 is 0 Å². The van der Waals surface area contributed by atoms with Gasteiger partial charge in [0.05, 0.1) is 5.92 Å². The fourth-order valence-corrected chi connectivity index (χ4v) is 1.47. The number of rotatable bonds is 6. The zero-order valence-electron chi connectivity index (χ0n) is 10.6. The van der Waals surface area contributed by atoms with Crippen molar-refractivity contribution in [2.75, 3.05) is 6.54 Å². The van der Waals surface area contributed by atoms with Gasteiger partial charge in [0.15, 0.2) is 0 Å². The number of nitrogens with zero attached hydrogens (tertiary/aromatic N) is 2. The van der Waals surface area contributed by atoms with Crippen LogP contribution < -0.4 is 23.2 Å². The van der Waals surface area contributed by atoms with Gasteiger partial charge in [-0.05, 0) is 0 Å². The molecule has 1 unspecified atom stereocenters. The SMILES string of the molecule is N/N=C(/C(CC(F)F)/C(N)=C/C(N)=O)N(N)CC(F)(F)F. The fraction of sp³-hybridized carbons (Fsp3) is 0.556. The molecular formula is C9H15F5N6O. The van der Waals surface area contributed by atoms with E-state index < -0.39 is 48.9 Å². The second-order valence-electron chi connectivity index (χ2n) is 3.96. The number of hydrazine groups is 1. The Bertz CT molecular complexity index is 421. The van der Waals surface area contributed by atoms with Crippen molar-refractivity contribution in [3.05, 3.63) is 11.8 Å². The molecule has 0 saturated carbocycles. The minimum Gasteiger partial charge on any atom is -0.401 e. The maximum atomic E-state index is 12.5. The molecule has 0 aliphatic carbocycles. The largest absolute Gasteiger partial charge is 0.407 e. The summed E-state index contributed by atoms with van der Waals surface area (Å²) in [5, 5.41) is 3.00. The highest BCUT2D eigenvalue weighted by Crippen LogP contribution is 2.22. The molecule has 8 N–H and O–H groups in total. The molecular weight excluding hydrogens is 303 g/mol. The number of hydrogen-bond acceptors (Lipinski definition) is 5. The van der Waals surface area contributed by atoms with Gasteiger partial charge in [-0.3, -0.25) is 9.80 Å². The minimum absolute atomic E-state index is 0.0364. The van der Waals surface area contributed by atoms with E-state index in [-0.39, 0.29) is 5.01 Å². The highest BCUT2D eigenvalue weighted by atomic mass is 19.4. The number of nitrogens with two attached hydrogens (primary N) is 4. The number of hydrazone groups is 1. The van der Waals surface area contributed by atoms with Gasteiger partial charge >= 0.3 is 6.18 Å². The Balaban J connectivity index is 5.41. The summed E-state index contributed by atoms with van der Waals surface area (Å²) in [4.78, 5) is 10.7. The van der Waals surface area contributed by atoms with Gasteiger partial charge in [0.2, 0.25) is 12.3 Å². The van der Waals surface area contributed by atoms with Gasteiger partial charge in [-0.15, -0.1) is 0 Å². The van der Waals surface area contributed by atoms with Gasteiger partial charge < -0.3 is 17.3 Å². The molecule has 7 nitrogen and oxygen atoms in total. The van der Waals surface area contributed by atoms with Crippen LogP contribution in [-0.2, 0) is 4.79 Å². The lowest BCUT2D eigenvalue weighted by atomic mass is 9.99. The second-order valence-corrected chi connectivity index (χ2v) is 3.96. The van der Waals surface area contributed by atoms with Gasteiger partial charge in [-0.2, -0.15) is 18.3 Å². The van der Waals surface area contributed by atoms with Crippen molar-refractivity contribution >= 4 is 11.7 Å². The van der Waals surface area contributed by atoms with Crippen molar-refractivity contribution in [3.63, 3.8) is 0 Å². The van der Waals surface area contributed by atoms with E-state index in [0.717, 1.165) is 0 Å². The molecule has 0 aromatic rings. The molecule has 0 aromatic heterocycles. The van der Waals surface area contributed by atoms with Crippen LogP contribution in [0, 0.1) is 5.92 Å². The predicted octanol–water partition coefficient (Wildman–Crippen LogP) is -0.404. The predicted molar refractivity (Wildman–Crippen MR) is 64.1 cm³/mol. The molecule has 1 atom stereocenters. The summed E-state index contributed by atoms with van der Waals surface area (Å²) in [6, 6.07) is 0. The normalized spacial score (nSPS) is 15.2. The van der Waals surface area contributed by atoms with Gasteiger partial charge in [0.1, 0.15) is 12.4 Å². The molecule has 0 heterocycles. The summed E-state index contributed by atoms with van der Waals surface area (Å²) >= 11 is 0. The smallest absolute Gasteiger partial charge is 0.401 e. The van der Waals surface area contributed by atoms with Crippen LogP contribution in [-0.4, -0.2) is 35.9 Å². The van der Waals surface area contributed by atoms with Crippen LogP contribution in [0.4, 0.5) is 22.0 Å². The lowest BCUT2D eigenvalue weighted by molar-refractivity contribution is -0.138. The Morgan fingerprint density at radius 2 is 1.81 bits per heavy atom. The number of carbonyl (C=O) groups is 1. The Kier molecular flexibility index (Phi) is 6.85. The molecule has 0 radical (unpaired) electrons. The van der Waals surface area contributed by atoms with Crippen molar-refractivity contribution in [2.45, 2.75) is 19.0 Å². The van der Waals surface area contributed by atoms with E-state index in [1.165, 1.54) is 0 Å². The Labute approximate surface area is 116 Å². The van der Waals surface area contributed by atoms with E-state index in [0.29, 0.717) is 6.08 Å². The molecule has 0 spiro atoms. The van der Waals surface area contributed by atoms with Crippen LogP contribution in [0.1, 0.15) is 6.42 Å². The number of alkyl halides is 5. The third-order valence-electron chi connectivity index (χ3n) is 2.21. The number of hydrogen-bond donors (Lipinski definition) is 4. The highest BCUT2D eigenvalue weighted by Gasteiger charge is 2.35. The molecule has 0 fully saturated rings. The number of amidine groups is 1. The first-order valence-electron chi connectivity index (χ1n) is 5.39. The quantitative estimate of drug-likeness (QED) is 0.132. The van der Waals surface area contributed by atoms with Crippen LogP contribution in [0.15, 0.2) is 16.9 Å². The minimum atomic E-state index is -4.72. The maximum Gasteiger partial charge on any atom is 0.407 e. The summed E-state index contributed by atoms with van der Waals surface area (Å²) in [7, 11) is 0. The van der Waals surface area contributed by atoms with E-state index in [1.807, 2.05) is 0 Å². The third-order valence-corrected chi connectivity index (χ3v) is 2.21. The van der Waals surface area contributed by atoms with E-state index in [2.05, 4.69) is 5.10 Å². The van der Waals surface area contributed by atoms with E-state index in [1.54, 1.807) is 0 Å². The Hall–Kier alpha value is -2.11. The third kappa shape index (κ3) is 7.29. The number of amides is 1. The lowest BCUT2D eigenvalue weighted by Gasteiger charge is -2.27. The van der Waals surface area contributed by atoms with Gasteiger partial charge in [-0.25, -0.2) is 14.6 Å². The molecule has 0 saturated heterocycles. The molecule has 21 heavy (non-hydrogen) atoms. The van der Waals surface area contributed by atoms with Crippen molar-refractivity contribution < 1.29 is 26.7 Å². The lowest BCUT2D eigenvalue weighted by Crippen LogP contribution is -2.48. The van der Waals surface area contributed by atoms with Crippen LogP contribution in [0.3, 0.4) is 0 Å². The van der Waals surface area contributed by atoms with E-state index in [9.17, 15) is 26.7 Å². The summed E-state index contributed by atoms with van der Waals surface area (Å²) in [6.45, 7) is -1.69. The summed E-state index contributed by atoms with van der Waals surface area (Å²) in [5.41, 5.74) is 9.65. The molecule has 12 heteroatoms. The molecule has 0 rings (SSSR count). The van der Waals surface area contributed by atoms with E-state index in [4.69, 9.17) is 23.2 Å². The number of primary amides is 1. The summed E-state index contributed by atoms with van der Waals surface area (Å²) in [5.74, 6) is 6.61. The standard InChI is InChI=1S/C9H15F5N6O/c10-6(11)1-4(5(15)2-7(16)21)8(19-17)20(18)3-9(12,13)14/h2,4,6H,1,3,15,17-18H2,(H2,16,21)/b5-2-,19-8-. The average molecular weight is 318 g/mol. The number of carbonyl (C=O) groups excluding carboxylic acids is 1. The summed E-state index contributed by atoms with van der Waals surface area (Å²) in [6.07, 6.45) is -8.12. The van der Waals surface area contributed by atoms with Crippen molar-refractivity contribution in [1.29, 1.82) is 0 Å². The number of halogens is 5. The average Bonchev–Trinajstić information content (AvgIpc) is 2.24. The zero-order chi connectivity index (χ0) is 16.8. The molecule has 0 aliphatic heterocycles. The molecule has 0 aliphatic rings. The Morgan fingerprint density at radius 3 is 2.14 bits per heavy atom. The first-order chi connectivity index (χ1) is 9.47. The van der Waals surface area contributed by atoms with Crippen LogP contribution in [0.5, 0.6) is 0 Å². The first kappa shape index (κ1) is 18.9. The second kappa shape index (κ2) is 7.61. The van der Waals surface area contributed by atoms with E-state index >= 15 is 0 Å². The molecule has 0 bridgehead atoms. The van der Waals surface area contributed by atoms with Crippen molar-refractivity contribution in [1.82, 2.24) is 5.01 Å².